The van der Waals surface area contributed by atoms with Crippen LogP contribution in [0.3, 0.4) is 0 Å². The van der Waals surface area contributed by atoms with E-state index in [-0.39, 0.29) is 5.75 Å². The Bertz CT molecular complexity index is 541. The molecule has 1 aromatic rings. The molecule has 0 unspecified atom stereocenters. The lowest BCUT2D eigenvalue weighted by molar-refractivity contribution is -0.137. The molecule has 0 aliphatic carbocycles. The smallest absolute Gasteiger partial charge is 0.318 e. The van der Waals surface area contributed by atoms with Crippen molar-refractivity contribution in [2.45, 2.75) is 12.7 Å². The van der Waals surface area contributed by atoms with Gasteiger partial charge in [-0.05, 0) is 24.6 Å². The van der Waals surface area contributed by atoms with E-state index in [2.05, 4.69) is 0 Å². The number of carboxylic acids is 1. The topological polar surface area (TPSA) is 83.9 Å². The van der Waals surface area contributed by atoms with E-state index in [9.17, 15) is 13.2 Å². The summed E-state index contributed by atoms with van der Waals surface area (Å²) in [5, 5.41) is 8.60. The van der Waals surface area contributed by atoms with E-state index in [1.807, 2.05) is 6.92 Å². The number of ether oxygens (including phenoxy) is 1. The van der Waals surface area contributed by atoms with Gasteiger partial charge in [0, 0.05) is 7.05 Å². The van der Waals surface area contributed by atoms with E-state index in [0.717, 1.165) is 4.31 Å². The van der Waals surface area contributed by atoms with Gasteiger partial charge in [-0.1, -0.05) is 12.1 Å². The Kier molecular flexibility index (Phi) is 5.31. The van der Waals surface area contributed by atoms with Crippen LogP contribution in [0.2, 0.25) is 0 Å². The van der Waals surface area contributed by atoms with Gasteiger partial charge in [-0.2, -0.15) is 4.31 Å². The SMILES string of the molecule is CCOc1cccc(CS(=O)(=O)N(C)CC(=O)O)c1. The average Bonchev–Trinajstić information content (AvgIpc) is 2.28. The summed E-state index contributed by atoms with van der Waals surface area (Å²) in [5.74, 6) is -0.845. The van der Waals surface area contributed by atoms with Crippen LogP contribution in [0.25, 0.3) is 0 Å². The number of hydrogen-bond acceptors (Lipinski definition) is 4. The summed E-state index contributed by atoms with van der Waals surface area (Å²) in [6, 6.07) is 6.73. The quantitative estimate of drug-likeness (QED) is 0.806. The van der Waals surface area contributed by atoms with Crippen LogP contribution >= 0.6 is 0 Å². The fourth-order valence-electron chi connectivity index (χ4n) is 1.50. The van der Waals surface area contributed by atoms with Crippen LogP contribution in [0.15, 0.2) is 24.3 Å². The molecule has 1 N–H and O–H groups in total. The van der Waals surface area contributed by atoms with Crippen LogP contribution < -0.4 is 4.74 Å². The second-order valence-electron chi connectivity index (χ2n) is 3.99. The first-order valence-corrected chi connectivity index (χ1v) is 7.33. The number of likely N-dealkylation sites (N-methyl/N-ethyl adjacent to an activating group) is 1. The first kappa shape index (κ1) is 15.5. The van der Waals surface area contributed by atoms with Crippen molar-refractivity contribution >= 4 is 16.0 Å². The van der Waals surface area contributed by atoms with E-state index < -0.39 is 22.5 Å². The van der Waals surface area contributed by atoms with E-state index in [1.54, 1.807) is 24.3 Å². The lowest BCUT2D eigenvalue weighted by Crippen LogP contribution is -2.32. The number of carboxylic acid groups (broad SMARTS) is 1. The molecule has 1 rings (SSSR count). The van der Waals surface area contributed by atoms with Crippen molar-refractivity contribution < 1.29 is 23.1 Å². The molecular formula is C12H17NO5S. The van der Waals surface area contributed by atoms with E-state index in [0.29, 0.717) is 17.9 Å². The molecule has 7 heteroatoms. The Balaban J connectivity index is 2.83. The number of carbonyl (C=O) groups is 1. The zero-order valence-electron chi connectivity index (χ0n) is 10.9. The molecule has 0 aromatic heterocycles. The zero-order valence-corrected chi connectivity index (χ0v) is 11.7. The lowest BCUT2D eigenvalue weighted by atomic mass is 10.2. The molecule has 0 atom stereocenters. The molecule has 0 saturated heterocycles. The second-order valence-corrected chi connectivity index (χ2v) is 6.06. The van der Waals surface area contributed by atoms with Gasteiger partial charge in [0.2, 0.25) is 10.0 Å². The van der Waals surface area contributed by atoms with Crippen LogP contribution in [0.1, 0.15) is 12.5 Å². The van der Waals surface area contributed by atoms with E-state index >= 15 is 0 Å². The van der Waals surface area contributed by atoms with Gasteiger partial charge in [0.1, 0.15) is 12.3 Å². The van der Waals surface area contributed by atoms with Crippen molar-refractivity contribution in [3.05, 3.63) is 29.8 Å². The van der Waals surface area contributed by atoms with E-state index in [4.69, 9.17) is 9.84 Å². The van der Waals surface area contributed by atoms with Gasteiger partial charge in [-0.25, -0.2) is 8.42 Å². The standard InChI is InChI=1S/C12H17NO5S/c1-3-18-11-6-4-5-10(7-11)9-19(16,17)13(2)8-12(14)15/h4-7H,3,8-9H2,1-2H3,(H,14,15). The minimum atomic E-state index is -3.64. The number of sulfonamides is 1. The predicted octanol–water partition coefficient (Wildman–Crippen LogP) is 0.931. The Morgan fingerprint density at radius 2 is 2.11 bits per heavy atom. The molecule has 0 aliphatic rings. The Morgan fingerprint density at radius 3 is 2.68 bits per heavy atom. The number of hydrogen-bond donors (Lipinski definition) is 1. The van der Waals surface area contributed by atoms with Crippen molar-refractivity contribution in [1.82, 2.24) is 4.31 Å². The first-order valence-electron chi connectivity index (χ1n) is 5.72. The minimum absolute atomic E-state index is 0.252. The maximum atomic E-state index is 11.9. The van der Waals surface area contributed by atoms with Crippen molar-refractivity contribution in [2.75, 3.05) is 20.2 Å². The summed E-state index contributed by atoms with van der Waals surface area (Å²) in [5.41, 5.74) is 0.559. The van der Waals surface area contributed by atoms with Gasteiger partial charge in [0.15, 0.2) is 0 Å². The molecular weight excluding hydrogens is 270 g/mol. The van der Waals surface area contributed by atoms with Gasteiger partial charge >= 0.3 is 5.97 Å². The average molecular weight is 287 g/mol. The maximum absolute atomic E-state index is 11.9. The highest BCUT2D eigenvalue weighted by Crippen LogP contribution is 2.16. The van der Waals surface area contributed by atoms with Gasteiger partial charge in [-0.15, -0.1) is 0 Å². The van der Waals surface area contributed by atoms with Gasteiger partial charge in [0.05, 0.1) is 12.4 Å². The molecule has 0 amide bonds. The molecule has 0 radical (unpaired) electrons. The Hall–Kier alpha value is -1.60. The fraction of sp³-hybridized carbons (Fsp3) is 0.417. The van der Waals surface area contributed by atoms with Crippen LogP contribution in [0.4, 0.5) is 0 Å². The number of benzene rings is 1. The molecule has 0 heterocycles. The molecule has 0 aliphatic heterocycles. The van der Waals surface area contributed by atoms with E-state index in [1.165, 1.54) is 7.05 Å². The normalized spacial score (nSPS) is 11.5. The van der Waals surface area contributed by atoms with Gasteiger partial charge in [0.25, 0.3) is 0 Å². The molecule has 19 heavy (non-hydrogen) atoms. The third-order valence-corrected chi connectivity index (χ3v) is 4.17. The summed E-state index contributed by atoms with van der Waals surface area (Å²) in [4.78, 5) is 10.5. The van der Waals surface area contributed by atoms with Crippen molar-refractivity contribution in [3.8, 4) is 5.75 Å². The van der Waals surface area contributed by atoms with Crippen LogP contribution in [0.5, 0.6) is 5.75 Å². The highest BCUT2D eigenvalue weighted by Gasteiger charge is 2.20. The van der Waals surface area contributed by atoms with Crippen LogP contribution in [0, 0.1) is 0 Å². The summed E-state index contributed by atoms with van der Waals surface area (Å²) >= 11 is 0. The van der Waals surface area contributed by atoms with Crippen LogP contribution in [-0.2, 0) is 20.6 Å². The minimum Gasteiger partial charge on any atom is -0.494 e. The van der Waals surface area contributed by atoms with Gasteiger partial charge in [-0.3, -0.25) is 4.79 Å². The summed E-state index contributed by atoms with van der Waals surface area (Å²) in [6.07, 6.45) is 0. The van der Waals surface area contributed by atoms with Crippen molar-refractivity contribution in [2.24, 2.45) is 0 Å². The Labute approximate surface area is 112 Å². The highest BCUT2D eigenvalue weighted by atomic mass is 32.2. The molecule has 0 spiro atoms. The molecule has 1 aromatic carbocycles. The second kappa shape index (κ2) is 6.53. The molecule has 0 saturated carbocycles. The monoisotopic (exact) mass is 287 g/mol. The number of rotatable bonds is 7. The summed E-state index contributed by atoms with van der Waals surface area (Å²) in [7, 11) is -2.40. The van der Waals surface area contributed by atoms with Gasteiger partial charge < -0.3 is 9.84 Å². The molecule has 106 valence electrons. The number of nitrogens with zero attached hydrogens (tertiary/aromatic N) is 1. The third-order valence-electron chi connectivity index (χ3n) is 2.39. The molecule has 0 bridgehead atoms. The highest BCUT2D eigenvalue weighted by molar-refractivity contribution is 7.88. The fourth-order valence-corrected chi connectivity index (χ4v) is 2.63. The summed E-state index contributed by atoms with van der Waals surface area (Å²) in [6.45, 7) is 1.78. The third kappa shape index (κ3) is 4.88. The van der Waals surface area contributed by atoms with Crippen molar-refractivity contribution in [3.63, 3.8) is 0 Å². The number of aliphatic carboxylic acids is 1. The zero-order chi connectivity index (χ0) is 14.5. The Morgan fingerprint density at radius 1 is 1.42 bits per heavy atom. The predicted molar refractivity (Wildman–Crippen MR) is 70.5 cm³/mol. The lowest BCUT2D eigenvalue weighted by Gasteiger charge is -2.15. The molecule has 0 fully saturated rings. The molecule has 6 nitrogen and oxygen atoms in total. The first-order chi connectivity index (χ1) is 8.85. The van der Waals surface area contributed by atoms with Crippen molar-refractivity contribution in [1.29, 1.82) is 0 Å². The van der Waals surface area contributed by atoms with Crippen LogP contribution in [-0.4, -0.2) is 44.0 Å². The largest absolute Gasteiger partial charge is 0.494 e. The maximum Gasteiger partial charge on any atom is 0.318 e. The summed E-state index contributed by atoms with van der Waals surface area (Å²) < 4.78 is 30.0.